The molecule has 4 nitrogen and oxygen atoms in total. The monoisotopic (exact) mass is 248 g/mol. The number of hydrogen-bond acceptors (Lipinski definition) is 3. The summed E-state index contributed by atoms with van der Waals surface area (Å²) >= 11 is 0. The Morgan fingerprint density at radius 1 is 1.56 bits per heavy atom. The van der Waals surface area contributed by atoms with Crippen LogP contribution in [0.15, 0.2) is 24.3 Å². The topological polar surface area (TPSA) is 55.6 Å². The molecule has 18 heavy (non-hydrogen) atoms. The van der Waals surface area contributed by atoms with Crippen LogP contribution in [-0.2, 0) is 16.0 Å². The minimum atomic E-state index is -0.0137. The van der Waals surface area contributed by atoms with Crippen LogP contribution >= 0.6 is 0 Å². The van der Waals surface area contributed by atoms with E-state index >= 15 is 0 Å². The van der Waals surface area contributed by atoms with Gasteiger partial charge in [-0.2, -0.15) is 0 Å². The standard InChI is InChI=1S/C14H20N2O2/c1-11-3-2-4-12(7-11)8-14(17)16-5-6-18-13(9-15)10-16/h2-4,7,13H,5-6,8-10,15H2,1H3/t13-/m1/s1. The maximum Gasteiger partial charge on any atom is 0.227 e. The Balaban J connectivity index is 1.95. The molecule has 1 saturated heterocycles. The molecule has 0 bridgehead atoms. The number of rotatable bonds is 3. The SMILES string of the molecule is Cc1cccc(CC(=O)N2CCO[C@H](CN)C2)c1. The summed E-state index contributed by atoms with van der Waals surface area (Å²) in [5.74, 6) is 0.155. The lowest BCUT2D eigenvalue weighted by Crippen LogP contribution is -2.48. The highest BCUT2D eigenvalue weighted by Gasteiger charge is 2.23. The van der Waals surface area contributed by atoms with Gasteiger partial charge in [0.25, 0.3) is 0 Å². The van der Waals surface area contributed by atoms with Gasteiger partial charge in [-0.3, -0.25) is 4.79 Å². The molecule has 0 saturated carbocycles. The predicted octanol–water partition coefficient (Wildman–Crippen LogP) is 0.724. The predicted molar refractivity (Wildman–Crippen MR) is 70.3 cm³/mol. The van der Waals surface area contributed by atoms with Gasteiger partial charge in [0.1, 0.15) is 0 Å². The molecule has 2 N–H and O–H groups in total. The van der Waals surface area contributed by atoms with Crippen molar-refractivity contribution in [3.05, 3.63) is 35.4 Å². The zero-order valence-corrected chi connectivity index (χ0v) is 10.8. The van der Waals surface area contributed by atoms with E-state index in [1.165, 1.54) is 5.56 Å². The molecule has 0 aromatic heterocycles. The maximum absolute atomic E-state index is 12.2. The first-order valence-corrected chi connectivity index (χ1v) is 6.34. The third-order valence-corrected chi connectivity index (χ3v) is 3.19. The highest BCUT2D eigenvalue weighted by Crippen LogP contribution is 2.09. The van der Waals surface area contributed by atoms with Gasteiger partial charge < -0.3 is 15.4 Å². The summed E-state index contributed by atoms with van der Waals surface area (Å²) in [5, 5.41) is 0. The molecule has 1 aliphatic rings. The van der Waals surface area contributed by atoms with Crippen molar-refractivity contribution in [2.45, 2.75) is 19.4 Å². The summed E-state index contributed by atoms with van der Waals surface area (Å²) < 4.78 is 5.46. The van der Waals surface area contributed by atoms with E-state index in [-0.39, 0.29) is 12.0 Å². The largest absolute Gasteiger partial charge is 0.373 e. The van der Waals surface area contributed by atoms with Crippen molar-refractivity contribution in [3.63, 3.8) is 0 Å². The molecule has 1 heterocycles. The van der Waals surface area contributed by atoms with Crippen molar-refractivity contribution in [3.8, 4) is 0 Å². The molecule has 1 atom stereocenters. The lowest BCUT2D eigenvalue weighted by molar-refractivity contribution is -0.137. The lowest BCUT2D eigenvalue weighted by atomic mass is 10.1. The molecule has 0 radical (unpaired) electrons. The normalized spacial score (nSPS) is 19.9. The first-order chi connectivity index (χ1) is 8.69. The third-order valence-electron chi connectivity index (χ3n) is 3.19. The van der Waals surface area contributed by atoms with Gasteiger partial charge in [-0.1, -0.05) is 29.8 Å². The average molecular weight is 248 g/mol. The van der Waals surface area contributed by atoms with Gasteiger partial charge in [-0.25, -0.2) is 0 Å². The van der Waals surface area contributed by atoms with Crippen LogP contribution in [0.2, 0.25) is 0 Å². The van der Waals surface area contributed by atoms with Gasteiger partial charge in [0, 0.05) is 19.6 Å². The van der Waals surface area contributed by atoms with Gasteiger partial charge in [0.15, 0.2) is 0 Å². The molecule has 1 aromatic rings. The van der Waals surface area contributed by atoms with E-state index in [9.17, 15) is 4.79 Å². The third kappa shape index (κ3) is 3.31. The average Bonchev–Trinajstić information content (AvgIpc) is 2.39. The minimum Gasteiger partial charge on any atom is -0.373 e. The van der Waals surface area contributed by atoms with E-state index in [2.05, 4.69) is 6.07 Å². The molecule has 1 aromatic carbocycles. The second kappa shape index (κ2) is 5.98. The number of benzene rings is 1. The van der Waals surface area contributed by atoms with Crippen LogP contribution in [0.4, 0.5) is 0 Å². The summed E-state index contributed by atoms with van der Waals surface area (Å²) in [4.78, 5) is 14.0. The molecular weight excluding hydrogens is 228 g/mol. The van der Waals surface area contributed by atoms with Crippen molar-refractivity contribution in [1.29, 1.82) is 0 Å². The Morgan fingerprint density at radius 2 is 2.39 bits per heavy atom. The number of hydrogen-bond donors (Lipinski definition) is 1. The van der Waals surface area contributed by atoms with Crippen molar-refractivity contribution in [2.24, 2.45) is 5.73 Å². The smallest absolute Gasteiger partial charge is 0.227 e. The Hall–Kier alpha value is -1.39. The van der Waals surface area contributed by atoms with Crippen LogP contribution in [0, 0.1) is 6.92 Å². The molecule has 98 valence electrons. The van der Waals surface area contributed by atoms with Gasteiger partial charge in [-0.15, -0.1) is 0 Å². The summed E-state index contributed by atoms with van der Waals surface area (Å²) in [6, 6.07) is 8.07. The van der Waals surface area contributed by atoms with E-state index in [1.54, 1.807) is 0 Å². The van der Waals surface area contributed by atoms with Gasteiger partial charge in [-0.05, 0) is 12.5 Å². The van der Waals surface area contributed by atoms with Crippen molar-refractivity contribution >= 4 is 5.91 Å². The fraction of sp³-hybridized carbons (Fsp3) is 0.500. The van der Waals surface area contributed by atoms with E-state index in [0.717, 1.165) is 5.56 Å². The van der Waals surface area contributed by atoms with E-state index < -0.39 is 0 Å². The Kier molecular flexibility index (Phi) is 4.33. The number of morpholine rings is 1. The minimum absolute atomic E-state index is 0.0137. The van der Waals surface area contributed by atoms with Gasteiger partial charge in [0.05, 0.1) is 19.1 Å². The first-order valence-electron chi connectivity index (χ1n) is 6.34. The van der Waals surface area contributed by atoms with Crippen molar-refractivity contribution in [1.82, 2.24) is 4.90 Å². The number of ether oxygens (including phenoxy) is 1. The van der Waals surface area contributed by atoms with E-state index in [1.807, 2.05) is 30.0 Å². The quantitative estimate of drug-likeness (QED) is 0.857. The molecule has 1 fully saturated rings. The van der Waals surface area contributed by atoms with E-state index in [4.69, 9.17) is 10.5 Å². The van der Waals surface area contributed by atoms with Crippen LogP contribution in [0.3, 0.4) is 0 Å². The maximum atomic E-state index is 12.2. The van der Waals surface area contributed by atoms with E-state index in [0.29, 0.717) is 32.7 Å². The zero-order valence-electron chi connectivity index (χ0n) is 10.8. The van der Waals surface area contributed by atoms with Crippen LogP contribution in [0.25, 0.3) is 0 Å². The Bertz CT molecular complexity index is 420. The number of carbonyl (C=O) groups excluding carboxylic acids is 1. The van der Waals surface area contributed by atoms with Crippen LogP contribution in [-0.4, -0.2) is 43.2 Å². The number of nitrogens with zero attached hydrogens (tertiary/aromatic N) is 1. The van der Waals surface area contributed by atoms with Crippen molar-refractivity contribution < 1.29 is 9.53 Å². The molecule has 4 heteroatoms. The molecule has 1 aliphatic heterocycles. The highest BCUT2D eigenvalue weighted by atomic mass is 16.5. The van der Waals surface area contributed by atoms with Crippen LogP contribution < -0.4 is 5.73 Å². The lowest BCUT2D eigenvalue weighted by Gasteiger charge is -2.32. The molecule has 1 amide bonds. The molecular formula is C14H20N2O2. The molecule has 0 aliphatic carbocycles. The van der Waals surface area contributed by atoms with Gasteiger partial charge >= 0.3 is 0 Å². The fourth-order valence-corrected chi connectivity index (χ4v) is 2.20. The summed E-state index contributed by atoms with van der Waals surface area (Å²) in [6.07, 6.45) is 0.444. The van der Waals surface area contributed by atoms with Crippen LogP contribution in [0.1, 0.15) is 11.1 Å². The summed E-state index contributed by atoms with van der Waals surface area (Å²) in [7, 11) is 0. The zero-order chi connectivity index (χ0) is 13.0. The molecule has 0 unspecified atom stereocenters. The molecule has 0 spiro atoms. The van der Waals surface area contributed by atoms with Crippen molar-refractivity contribution in [2.75, 3.05) is 26.2 Å². The fourth-order valence-electron chi connectivity index (χ4n) is 2.20. The van der Waals surface area contributed by atoms with Gasteiger partial charge in [0.2, 0.25) is 5.91 Å². The molecule has 2 rings (SSSR count). The number of nitrogens with two attached hydrogens (primary N) is 1. The second-order valence-corrected chi connectivity index (χ2v) is 4.73. The summed E-state index contributed by atoms with van der Waals surface area (Å²) in [6.45, 7) is 4.37. The number of amides is 1. The first kappa shape index (κ1) is 13.1. The Labute approximate surface area is 108 Å². The summed E-state index contributed by atoms with van der Waals surface area (Å²) in [5.41, 5.74) is 7.82. The highest BCUT2D eigenvalue weighted by molar-refractivity contribution is 5.79. The Morgan fingerprint density at radius 3 is 3.11 bits per heavy atom. The number of carbonyl (C=O) groups is 1. The second-order valence-electron chi connectivity index (χ2n) is 4.73. The van der Waals surface area contributed by atoms with Crippen LogP contribution in [0.5, 0.6) is 0 Å². The number of aryl methyl sites for hydroxylation is 1.